The van der Waals surface area contributed by atoms with Crippen molar-refractivity contribution in [2.45, 2.75) is 47.0 Å². The van der Waals surface area contributed by atoms with E-state index in [2.05, 4.69) is 27.7 Å². The van der Waals surface area contributed by atoms with Crippen molar-refractivity contribution in [2.75, 3.05) is 0 Å². The zero-order valence-electron chi connectivity index (χ0n) is 8.43. The summed E-state index contributed by atoms with van der Waals surface area (Å²) in [7, 11) is 0. The minimum atomic E-state index is 0.986. The first-order chi connectivity index (χ1) is 5.18. The third-order valence-corrected chi connectivity index (χ3v) is 3.57. The summed E-state index contributed by atoms with van der Waals surface area (Å²) in [6.07, 6.45) is 4.24. The van der Waals surface area contributed by atoms with Crippen molar-refractivity contribution in [1.29, 1.82) is 0 Å². The van der Waals surface area contributed by atoms with Gasteiger partial charge >= 0.3 is 0 Å². The van der Waals surface area contributed by atoms with Gasteiger partial charge in [0.2, 0.25) is 0 Å². The van der Waals surface area contributed by atoms with E-state index in [-0.39, 0.29) is 0 Å². The van der Waals surface area contributed by atoms with Gasteiger partial charge in [0.15, 0.2) is 0 Å². The first kappa shape index (κ1) is 9.09. The summed E-state index contributed by atoms with van der Waals surface area (Å²) in [5.74, 6) is 4.07. The van der Waals surface area contributed by atoms with Crippen LogP contribution in [0.1, 0.15) is 47.0 Å². The molecule has 0 heterocycles. The molecule has 1 saturated carbocycles. The van der Waals surface area contributed by atoms with E-state index >= 15 is 0 Å². The van der Waals surface area contributed by atoms with Crippen LogP contribution in [0.15, 0.2) is 0 Å². The van der Waals surface area contributed by atoms with Crippen LogP contribution < -0.4 is 0 Å². The molecule has 0 radical (unpaired) electrons. The van der Waals surface area contributed by atoms with Gasteiger partial charge < -0.3 is 0 Å². The van der Waals surface area contributed by atoms with Crippen LogP contribution in [0.2, 0.25) is 0 Å². The van der Waals surface area contributed by atoms with Crippen molar-refractivity contribution in [2.24, 2.45) is 23.7 Å². The molecule has 0 saturated heterocycles. The lowest BCUT2D eigenvalue weighted by atomic mass is 9.97. The molecule has 3 atom stereocenters. The van der Waals surface area contributed by atoms with Gasteiger partial charge in [-0.3, -0.25) is 0 Å². The number of rotatable bonds is 4. The summed E-state index contributed by atoms with van der Waals surface area (Å²) in [5, 5.41) is 0. The van der Waals surface area contributed by atoms with Crippen LogP contribution in [0.3, 0.4) is 0 Å². The van der Waals surface area contributed by atoms with Crippen LogP contribution in [0.5, 0.6) is 0 Å². The Morgan fingerprint density at radius 1 is 1.18 bits per heavy atom. The van der Waals surface area contributed by atoms with Gasteiger partial charge in [-0.05, 0) is 23.7 Å². The number of hydrogen-bond acceptors (Lipinski definition) is 0. The van der Waals surface area contributed by atoms with Crippen LogP contribution in [-0.2, 0) is 0 Å². The van der Waals surface area contributed by atoms with Crippen LogP contribution >= 0.6 is 0 Å². The lowest BCUT2D eigenvalue weighted by molar-refractivity contribution is 0.421. The average molecular weight is 154 g/mol. The molecule has 0 nitrogen and oxygen atoms in total. The number of unbranched alkanes of at least 4 members (excludes halogenated alkanes) is 1. The molecule has 1 aliphatic rings. The van der Waals surface area contributed by atoms with E-state index in [4.69, 9.17) is 0 Å². The minimum absolute atomic E-state index is 0.986. The standard InChI is InChI=1S/C11H22/c1-5-6-7-8(2)11-9(3)10(11)4/h8-11H,5-7H2,1-4H3. The molecule has 1 fully saturated rings. The first-order valence-electron chi connectivity index (χ1n) is 5.18. The summed E-state index contributed by atoms with van der Waals surface area (Å²) in [4.78, 5) is 0. The van der Waals surface area contributed by atoms with Crippen molar-refractivity contribution in [3.05, 3.63) is 0 Å². The Labute approximate surface area is 71.4 Å². The maximum absolute atomic E-state index is 2.43. The highest BCUT2D eigenvalue weighted by Crippen LogP contribution is 2.51. The minimum Gasteiger partial charge on any atom is -0.0654 e. The topological polar surface area (TPSA) is 0 Å². The second-order valence-corrected chi connectivity index (χ2v) is 4.42. The SMILES string of the molecule is CCCCC(C)C1C(C)C1C. The molecule has 0 spiro atoms. The third-order valence-electron chi connectivity index (χ3n) is 3.57. The second-order valence-electron chi connectivity index (χ2n) is 4.42. The Hall–Kier alpha value is 0. The highest BCUT2D eigenvalue weighted by atomic mass is 14.5. The van der Waals surface area contributed by atoms with Gasteiger partial charge in [0.25, 0.3) is 0 Å². The summed E-state index contributed by atoms with van der Waals surface area (Å²) in [6, 6.07) is 0. The molecule has 0 bridgehead atoms. The fourth-order valence-electron chi connectivity index (χ4n) is 2.46. The van der Waals surface area contributed by atoms with E-state index in [1.807, 2.05) is 0 Å². The van der Waals surface area contributed by atoms with E-state index in [1.165, 1.54) is 19.3 Å². The van der Waals surface area contributed by atoms with Gasteiger partial charge in [-0.15, -0.1) is 0 Å². The van der Waals surface area contributed by atoms with Crippen LogP contribution in [0.4, 0.5) is 0 Å². The van der Waals surface area contributed by atoms with Crippen molar-refractivity contribution >= 4 is 0 Å². The fourth-order valence-corrected chi connectivity index (χ4v) is 2.46. The highest BCUT2D eigenvalue weighted by molar-refractivity contribution is 4.93. The van der Waals surface area contributed by atoms with Crippen molar-refractivity contribution in [3.8, 4) is 0 Å². The van der Waals surface area contributed by atoms with Crippen LogP contribution in [0.25, 0.3) is 0 Å². The van der Waals surface area contributed by atoms with E-state index in [9.17, 15) is 0 Å². The van der Waals surface area contributed by atoms with Crippen molar-refractivity contribution in [3.63, 3.8) is 0 Å². The van der Waals surface area contributed by atoms with Gasteiger partial charge in [-0.1, -0.05) is 47.0 Å². The van der Waals surface area contributed by atoms with E-state index in [0.29, 0.717) is 0 Å². The zero-order chi connectivity index (χ0) is 8.43. The monoisotopic (exact) mass is 154 g/mol. The van der Waals surface area contributed by atoms with Gasteiger partial charge in [0.05, 0.1) is 0 Å². The predicted octanol–water partition coefficient (Wildman–Crippen LogP) is 3.71. The van der Waals surface area contributed by atoms with E-state index in [0.717, 1.165) is 23.7 Å². The lowest BCUT2D eigenvalue weighted by Crippen LogP contribution is -1.99. The maximum atomic E-state index is 2.43. The molecular weight excluding hydrogens is 132 g/mol. The molecule has 1 rings (SSSR count). The summed E-state index contributed by atoms with van der Waals surface area (Å²) >= 11 is 0. The Morgan fingerprint density at radius 2 is 1.73 bits per heavy atom. The first-order valence-corrected chi connectivity index (χ1v) is 5.18. The maximum Gasteiger partial charge on any atom is -0.0332 e. The fraction of sp³-hybridized carbons (Fsp3) is 1.00. The molecule has 66 valence electrons. The van der Waals surface area contributed by atoms with Crippen LogP contribution in [-0.4, -0.2) is 0 Å². The second kappa shape index (κ2) is 3.60. The Balaban J connectivity index is 2.16. The Kier molecular flexibility index (Phi) is 2.98. The quantitative estimate of drug-likeness (QED) is 0.579. The molecule has 0 heteroatoms. The van der Waals surface area contributed by atoms with Gasteiger partial charge in [0, 0.05) is 0 Å². The smallest absolute Gasteiger partial charge is 0.0332 e. The molecule has 0 aromatic carbocycles. The molecule has 0 N–H and O–H groups in total. The zero-order valence-corrected chi connectivity index (χ0v) is 8.43. The Bertz CT molecular complexity index is 109. The molecule has 1 aliphatic carbocycles. The summed E-state index contributed by atoms with van der Waals surface area (Å²) in [5.41, 5.74) is 0. The van der Waals surface area contributed by atoms with Gasteiger partial charge in [-0.25, -0.2) is 0 Å². The summed E-state index contributed by atoms with van der Waals surface area (Å²) in [6.45, 7) is 9.52. The molecule has 0 aromatic rings. The van der Waals surface area contributed by atoms with E-state index < -0.39 is 0 Å². The molecular formula is C11H22. The van der Waals surface area contributed by atoms with E-state index in [1.54, 1.807) is 0 Å². The highest BCUT2D eigenvalue weighted by Gasteiger charge is 2.45. The molecule has 0 aliphatic heterocycles. The van der Waals surface area contributed by atoms with Crippen molar-refractivity contribution in [1.82, 2.24) is 0 Å². The molecule has 3 unspecified atom stereocenters. The average Bonchev–Trinajstić information content (AvgIpc) is 2.56. The summed E-state index contributed by atoms with van der Waals surface area (Å²) < 4.78 is 0. The van der Waals surface area contributed by atoms with Gasteiger partial charge in [-0.2, -0.15) is 0 Å². The normalized spacial score (nSPS) is 38.7. The Morgan fingerprint density at radius 3 is 2.09 bits per heavy atom. The molecule has 0 amide bonds. The van der Waals surface area contributed by atoms with Crippen LogP contribution in [0, 0.1) is 23.7 Å². The number of hydrogen-bond donors (Lipinski definition) is 0. The van der Waals surface area contributed by atoms with Gasteiger partial charge in [0.1, 0.15) is 0 Å². The predicted molar refractivity (Wildman–Crippen MR) is 50.5 cm³/mol. The van der Waals surface area contributed by atoms with Crippen molar-refractivity contribution < 1.29 is 0 Å². The lowest BCUT2D eigenvalue weighted by Gasteiger charge is -2.08. The third kappa shape index (κ3) is 1.98. The molecule has 0 aromatic heterocycles. The molecule has 11 heavy (non-hydrogen) atoms. The largest absolute Gasteiger partial charge is 0.0654 e.